The third-order valence-corrected chi connectivity index (χ3v) is 4.03. The molecular formula is C11H12F3N2O2S-. The third-order valence-electron chi connectivity index (χ3n) is 3.12. The van der Waals surface area contributed by atoms with Crippen molar-refractivity contribution in [1.29, 1.82) is 0 Å². The van der Waals surface area contributed by atoms with E-state index in [2.05, 4.69) is 0 Å². The van der Waals surface area contributed by atoms with E-state index in [9.17, 15) is 23.2 Å². The van der Waals surface area contributed by atoms with Crippen LogP contribution >= 0.6 is 11.3 Å². The van der Waals surface area contributed by atoms with Crippen LogP contribution in [0.2, 0.25) is 0 Å². The molecule has 0 saturated carbocycles. The number of thiophene rings is 1. The zero-order chi connectivity index (χ0) is 14.2. The van der Waals surface area contributed by atoms with E-state index >= 15 is 0 Å². The number of halogens is 3. The van der Waals surface area contributed by atoms with Crippen molar-refractivity contribution in [2.75, 3.05) is 5.06 Å². The van der Waals surface area contributed by atoms with Gasteiger partial charge >= 0.3 is 12.1 Å². The van der Waals surface area contributed by atoms with Crippen LogP contribution in [0.4, 0.5) is 18.2 Å². The lowest BCUT2D eigenvalue weighted by molar-refractivity contribution is -0.174. The number of alkyl halides is 3. The molecule has 0 aliphatic carbocycles. The van der Waals surface area contributed by atoms with Crippen LogP contribution < -0.4 is 10.4 Å². The molecule has 8 heteroatoms. The fourth-order valence-electron chi connectivity index (χ4n) is 2.13. The van der Waals surface area contributed by atoms with Gasteiger partial charge in [0.05, 0.1) is 11.0 Å². The second kappa shape index (κ2) is 5.01. The van der Waals surface area contributed by atoms with E-state index < -0.39 is 24.2 Å². The molecule has 2 atom stereocenters. The molecule has 1 N–H and O–H groups in total. The van der Waals surface area contributed by atoms with Crippen LogP contribution in [-0.2, 0) is 4.79 Å². The molecule has 2 rings (SSSR count). The van der Waals surface area contributed by atoms with Crippen molar-refractivity contribution in [2.45, 2.75) is 38.0 Å². The maximum absolute atomic E-state index is 12.3. The van der Waals surface area contributed by atoms with Gasteiger partial charge in [-0.2, -0.15) is 13.2 Å². The Hall–Kier alpha value is -1.28. The highest BCUT2D eigenvalue weighted by Crippen LogP contribution is 2.41. The zero-order valence-electron chi connectivity index (χ0n) is 10.0. The van der Waals surface area contributed by atoms with Crippen LogP contribution in [0, 0.1) is 5.21 Å². The highest BCUT2D eigenvalue weighted by Gasteiger charge is 2.41. The van der Waals surface area contributed by atoms with E-state index in [4.69, 9.17) is 0 Å². The van der Waals surface area contributed by atoms with Crippen LogP contribution in [0.5, 0.6) is 0 Å². The first-order valence-electron chi connectivity index (χ1n) is 5.76. The van der Waals surface area contributed by atoms with Gasteiger partial charge in [0.25, 0.3) is 0 Å². The molecule has 1 aromatic rings. The monoisotopic (exact) mass is 293 g/mol. The molecular weight excluding hydrogens is 281 g/mol. The average molecular weight is 293 g/mol. The summed E-state index contributed by atoms with van der Waals surface area (Å²) in [6.07, 6.45) is -4.21. The SMILES string of the molecule is CCC1CC(NC(=O)C(F)(F)F)c2ccsc2N1[O-]. The summed E-state index contributed by atoms with van der Waals surface area (Å²) in [5.74, 6) is -1.97. The predicted octanol–water partition coefficient (Wildman–Crippen LogP) is 2.95. The van der Waals surface area contributed by atoms with Crippen LogP contribution in [0.1, 0.15) is 31.4 Å². The number of nitrogens with zero attached hydrogens (tertiary/aromatic N) is 1. The molecule has 2 heterocycles. The average Bonchev–Trinajstić information content (AvgIpc) is 2.81. The van der Waals surface area contributed by atoms with Crippen molar-refractivity contribution >= 4 is 22.2 Å². The van der Waals surface area contributed by atoms with Gasteiger partial charge in [0, 0.05) is 11.6 Å². The van der Waals surface area contributed by atoms with Gasteiger partial charge in [-0.05, 0) is 24.3 Å². The Morgan fingerprint density at radius 3 is 2.89 bits per heavy atom. The summed E-state index contributed by atoms with van der Waals surface area (Å²) in [6, 6.07) is 0.410. The summed E-state index contributed by atoms with van der Waals surface area (Å²) < 4.78 is 36.8. The van der Waals surface area contributed by atoms with E-state index in [-0.39, 0.29) is 6.42 Å². The molecule has 19 heavy (non-hydrogen) atoms. The van der Waals surface area contributed by atoms with Gasteiger partial charge in [-0.3, -0.25) is 4.79 Å². The van der Waals surface area contributed by atoms with Crippen molar-refractivity contribution in [1.82, 2.24) is 5.32 Å². The van der Waals surface area contributed by atoms with Crippen molar-refractivity contribution in [2.24, 2.45) is 0 Å². The minimum absolute atomic E-state index is 0.186. The molecule has 1 aromatic heterocycles. The summed E-state index contributed by atoms with van der Waals surface area (Å²) in [4.78, 5) is 11.0. The molecule has 1 aliphatic rings. The number of carbonyl (C=O) groups is 1. The molecule has 0 aromatic carbocycles. The van der Waals surface area contributed by atoms with Gasteiger partial charge in [0.2, 0.25) is 0 Å². The molecule has 0 radical (unpaired) electrons. The molecule has 0 bridgehead atoms. The quantitative estimate of drug-likeness (QED) is 0.912. The molecule has 1 aliphatic heterocycles. The summed E-state index contributed by atoms with van der Waals surface area (Å²) >= 11 is 1.17. The normalized spacial score (nSPS) is 23.1. The number of amides is 1. The maximum atomic E-state index is 12.3. The highest BCUT2D eigenvalue weighted by molar-refractivity contribution is 7.14. The summed E-state index contributed by atoms with van der Waals surface area (Å²) in [7, 11) is 0. The summed E-state index contributed by atoms with van der Waals surface area (Å²) in [6.45, 7) is 1.79. The van der Waals surface area contributed by atoms with Gasteiger partial charge < -0.3 is 15.6 Å². The minimum atomic E-state index is -4.91. The van der Waals surface area contributed by atoms with Gasteiger partial charge in [-0.1, -0.05) is 6.92 Å². The molecule has 0 fully saturated rings. The Bertz CT molecular complexity index is 475. The van der Waals surface area contributed by atoms with Gasteiger partial charge in [-0.15, -0.1) is 11.3 Å². The van der Waals surface area contributed by atoms with Crippen LogP contribution in [0.15, 0.2) is 11.4 Å². The van der Waals surface area contributed by atoms with E-state index in [1.54, 1.807) is 18.4 Å². The Kier molecular flexibility index (Phi) is 3.73. The Balaban J connectivity index is 2.23. The van der Waals surface area contributed by atoms with E-state index in [1.165, 1.54) is 11.3 Å². The lowest BCUT2D eigenvalue weighted by Crippen LogP contribution is -2.44. The Morgan fingerprint density at radius 2 is 2.32 bits per heavy atom. The molecule has 106 valence electrons. The van der Waals surface area contributed by atoms with Crippen LogP contribution in [0.25, 0.3) is 0 Å². The van der Waals surface area contributed by atoms with Gasteiger partial charge in [0.15, 0.2) is 0 Å². The summed E-state index contributed by atoms with van der Waals surface area (Å²) in [5.41, 5.74) is 0.460. The number of rotatable bonds is 2. The second-order valence-corrected chi connectivity index (χ2v) is 5.22. The number of carbonyl (C=O) groups excluding carboxylic acids is 1. The van der Waals surface area contributed by atoms with Crippen LogP contribution in [-0.4, -0.2) is 18.1 Å². The molecule has 1 amide bonds. The van der Waals surface area contributed by atoms with E-state index in [1.807, 2.05) is 5.32 Å². The lowest BCUT2D eigenvalue weighted by atomic mass is 9.95. The summed E-state index contributed by atoms with van der Waals surface area (Å²) in [5, 5.41) is 16.7. The minimum Gasteiger partial charge on any atom is -0.758 e. The number of hydrogen-bond acceptors (Lipinski definition) is 4. The molecule has 4 nitrogen and oxygen atoms in total. The molecule has 0 spiro atoms. The predicted molar refractivity (Wildman–Crippen MR) is 65.8 cm³/mol. The maximum Gasteiger partial charge on any atom is 0.471 e. The first kappa shape index (κ1) is 14.1. The van der Waals surface area contributed by atoms with Gasteiger partial charge in [-0.25, -0.2) is 0 Å². The number of nitrogens with one attached hydrogen (secondary N) is 1. The first-order chi connectivity index (χ1) is 8.84. The topological polar surface area (TPSA) is 55.4 Å². The van der Waals surface area contributed by atoms with E-state index in [0.29, 0.717) is 17.0 Å². The van der Waals surface area contributed by atoms with Crippen molar-refractivity contribution in [3.05, 3.63) is 22.2 Å². The van der Waals surface area contributed by atoms with Gasteiger partial charge in [0.1, 0.15) is 0 Å². The number of hydroxylamine groups is 1. The molecule has 0 saturated heterocycles. The fraction of sp³-hybridized carbons (Fsp3) is 0.545. The van der Waals surface area contributed by atoms with Crippen molar-refractivity contribution < 1.29 is 18.0 Å². The first-order valence-corrected chi connectivity index (χ1v) is 6.64. The highest BCUT2D eigenvalue weighted by atomic mass is 32.1. The zero-order valence-corrected chi connectivity index (χ0v) is 10.8. The van der Waals surface area contributed by atoms with Crippen molar-refractivity contribution in [3.63, 3.8) is 0 Å². The fourth-order valence-corrected chi connectivity index (χ4v) is 3.07. The van der Waals surface area contributed by atoms with E-state index in [0.717, 1.165) is 5.06 Å². The van der Waals surface area contributed by atoms with Crippen molar-refractivity contribution in [3.8, 4) is 0 Å². The standard InChI is InChI=1S/C11H12F3N2O2S/c1-2-6-5-8(15-10(17)11(12,13)14)7-3-4-19-9(7)16(6)18/h3-4,6,8H,2,5H2,1H3,(H,15,17)/q-1. The smallest absolute Gasteiger partial charge is 0.471 e. The number of anilines is 1. The second-order valence-electron chi connectivity index (χ2n) is 4.33. The third kappa shape index (κ3) is 2.69. The Morgan fingerprint density at radius 1 is 1.63 bits per heavy atom. The Labute approximate surface area is 111 Å². The number of fused-ring (bicyclic) bond motifs is 1. The van der Waals surface area contributed by atoms with Crippen LogP contribution in [0.3, 0.4) is 0 Å². The largest absolute Gasteiger partial charge is 0.758 e. The molecule has 2 unspecified atom stereocenters. The lowest BCUT2D eigenvalue weighted by Gasteiger charge is -2.44. The number of hydrogen-bond donors (Lipinski definition) is 1.